The zero-order valence-electron chi connectivity index (χ0n) is 28.8. The van der Waals surface area contributed by atoms with Crippen molar-refractivity contribution in [3.05, 3.63) is 148 Å². The molecule has 48 heavy (non-hydrogen) atoms. The van der Waals surface area contributed by atoms with E-state index in [-0.39, 0.29) is 10.8 Å². The Labute approximate surface area is 282 Å². The Morgan fingerprint density at radius 2 is 0.958 bits per heavy atom. The normalized spacial score (nSPS) is 15.3. The lowest BCUT2D eigenvalue weighted by molar-refractivity contribution is 0.594. The fourth-order valence-electron chi connectivity index (χ4n) is 9.49. The van der Waals surface area contributed by atoms with E-state index in [4.69, 9.17) is 0 Å². The highest BCUT2D eigenvalue weighted by atomic mass is 15.0. The summed E-state index contributed by atoms with van der Waals surface area (Å²) in [5, 5.41) is 8.02. The Kier molecular flexibility index (Phi) is 5.27. The summed E-state index contributed by atoms with van der Waals surface area (Å²) in [4.78, 5) is 0. The molecule has 1 nitrogen and oxygen atoms in total. The molecule has 0 unspecified atom stereocenters. The Bertz CT molecular complexity index is 2730. The Hall–Kier alpha value is -5.14. The van der Waals surface area contributed by atoms with Gasteiger partial charge in [0.25, 0.3) is 0 Å². The van der Waals surface area contributed by atoms with E-state index in [1.165, 1.54) is 110 Å². The first kappa shape index (κ1) is 27.9. The van der Waals surface area contributed by atoms with Crippen molar-refractivity contribution in [3.63, 3.8) is 0 Å². The zero-order chi connectivity index (χ0) is 32.9. The number of para-hydroxylation sites is 1. The molecule has 1 aromatic heterocycles. The number of fused-ring (bicyclic) bond motifs is 3. The number of aryl methyl sites for hydroxylation is 3. The fourth-order valence-corrected chi connectivity index (χ4v) is 9.49. The molecule has 8 aromatic rings. The third-order valence-electron chi connectivity index (χ3n) is 11.8. The molecular weight excluding hydrogens is 579 g/mol. The Morgan fingerprint density at radius 3 is 1.60 bits per heavy atom. The lowest BCUT2D eigenvalue weighted by atomic mass is 9.67. The minimum atomic E-state index is -0.176. The summed E-state index contributed by atoms with van der Waals surface area (Å²) in [5.41, 5.74) is 18.6. The molecule has 10 rings (SSSR count). The lowest BCUT2D eigenvalue weighted by Gasteiger charge is -2.42. The van der Waals surface area contributed by atoms with Gasteiger partial charge in [-0.1, -0.05) is 135 Å². The van der Waals surface area contributed by atoms with Crippen LogP contribution < -0.4 is 0 Å². The van der Waals surface area contributed by atoms with Crippen molar-refractivity contribution < 1.29 is 0 Å². The maximum Gasteiger partial charge on any atom is 0.0582 e. The largest absolute Gasteiger partial charge is 0.308 e. The van der Waals surface area contributed by atoms with Gasteiger partial charge < -0.3 is 4.57 Å². The standard InChI is InChI=1S/C47H39N/c1-26-17-19-32-34(20-26)41(29-12-9-8-10-13-29)31-18-16-27(2)21-35(31)42(32)30-24-39-45-40(25-30)47(6,7)38-23-28(3)22-36-33-14-11-15-37(46(39,4)5)43(33)48(45)44(36)38/h8-25H,1-7H3. The lowest BCUT2D eigenvalue weighted by Crippen LogP contribution is -2.33. The Balaban J connectivity index is 1.41. The number of aromatic nitrogens is 1. The molecule has 0 amide bonds. The maximum atomic E-state index is 2.64. The molecule has 232 valence electrons. The highest BCUT2D eigenvalue weighted by Gasteiger charge is 2.44. The first-order valence-electron chi connectivity index (χ1n) is 17.4. The van der Waals surface area contributed by atoms with E-state index in [0.29, 0.717) is 0 Å². The molecule has 0 bridgehead atoms. The number of rotatable bonds is 2. The van der Waals surface area contributed by atoms with Gasteiger partial charge in [-0.3, -0.25) is 0 Å². The van der Waals surface area contributed by atoms with Gasteiger partial charge in [0, 0.05) is 21.6 Å². The average Bonchev–Trinajstić information content (AvgIpc) is 3.39. The van der Waals surface area contributed by atoms with Crippen molar-refractivity contribution in [2.24, 2.45) is 0 Å². The molecule has 0 saturated heterocycles. The van der Waals surface area contributed by atoms with E-state index >= 15 is 0 Å². The fraction of sp³-hybridized carbons (Fsp3) is 0.191. The molecule has 0 fully saturated rings. The van der Waals surface area contributed by atoms with Crippen LogP contribution in [-0.4, -0.2) is 4.57 Å². The van der Waals surface area contributed by atoms with E-state index in [1.807, 2.05) is 0 Å². The van der Waals surface area contributed by atoms with Gasteiger partial charge in [-0.25, -0.2) is 0 Å². The highest BCUT2D eigenvalue weighted by molar-refractivity contribution is 6.22. The summed E-state index contributed by atoms with van der Waals surface area (Å²) in [6, 6.07) is 42.1. The van der Waals surface area contributed by atoms with Crippen LogP contribution in [0.15, 0.2) is 109 Å². The van der Waals surface area contributed by atoms with Crippen LogP contribution in [0.4, 0.5) is 0 Å². The molecule has 2 aliphatic heterocycles. The van der Waals surface area contributed by atoms with E-state index in [1.54, 1.807) is 0 Å². The molecule has 0 N–H and O–H groups in total. The summed E-state index contributed by atoms with van der Waals surface area (Å²) in [6.45, 7) is 16.5. The van der Waals surface area contributed by atoms with E-state index in [2.05, 4.69) is 162 Å². The summed E-state index contributed by atoms with van der Waals surface area (Å²) in [7, 11) is 0. The smallest absolute Gasteiger partial charge is 0.0582 e. The SMILES string of the molecule is Cc1ccc2c(-c3cc4c5c(c3)C(C)(C)c3cc(C)cc6c7cccc(c7n-5c36)C4(C)C)c3cc(C)ccc3c(-c3ccccc3)c2c1. The number of hydrogen-bond donors (Lipinski definition) is 0. The average molecular weight is 618 g/mol. The van der Waals surface area contributed by atoms with Crippen LogP contribution in [0.2, 0.25) is 0 Å². The van der Waals surface area contributed by atoms with Crippen LogP contribution in [0.5, 0.6) is 0 Å². The van der Waals surface area contributed by atoms with Crippen LogP contribution in [0.3, 0.4) is 0 Å². The van der Waals surface area contributed by atoms with Gasteiger partial charge in [-0.05, 0) is 105 Å². The molecule has 1 heteroatoms. The molecular formula is C47H39N. The van der Waals surface area contributed by atoms with Gasteiger partial charge in [0.1, 0.15) is 0 Å². The number of benzene rings is 7. The van der Waals surface area contributed by atoms with Crippen molar-refractivity contribution in [1.82, 2.24) is 4.57 Å². The van der Waals surface area contributed by atoms with Gasteiger partial charge in [-0.2, -0.15) is 0 Å². The van der Waals surface area contributed by atoms with Gasteiger partial charge in [0.2, 0.25) is 0 Å². The van der Waals surface area contributed by atoms with E-state index in [0.717, 1.165) is 0 Å². The van der Waals surface area contributed by atoms with Gasteiger partial charge in [0.15, 0.2) is 0 Å². The Morgan fingerprint density at radius 1 is 0.396 bits per heavy atom. The van der Waals surface area contributed by atoms with Gasteiger partial charge in [0.05, 0.1) is 16.7 Å². The molecule has 2 aliphatic rings. The summed E-state index contributed by atoms with van der Waals surface area (Å²) in [5.74, 6) is 0. The van der Waals surface area contributed by atoms with Crippen LogP contribution in [0.25, 0.3) is 71.3 Å². The van der Waals surface area contributed by atoms with E-state index in [9.17, 15) is 0 Å². The quantitative estimate of drug-likeness (QED) is 0.170. The van der Waals surface area contributed by atoms with Crippen LogP contribution in [0, 0.1) is 20.8 Å². The predicted octanol–water partition coefficient (Wildman–Crippen LogP) is 12.6. The summed E-state index contributed by atoms with van der Waals surface area (Å²) >= 11 is 0. The monoisotopic (exact) mass is 617 g/mol. The van der Waals surface area contributed by atoms with Gasteiger partial charge >= 0.3 is 0 Å². The first-order chi connectivity index (χ1) is 23.1. The van der Waals surface area contributed by atoms with Crippen molar-refractivity contribution in [2.75, 3.05) is 0 Å². The van der Waals surface area contributed by atoms with Crippen molar-refractivity contribution in [2.45, 2.75) is 59.3 Å². The van der Waals surface area contributed by atoms with Crippen LogP contribution in [0.1, 0.15) is 66.6 Å². The van der Waals surface area contributed by atoms with Crippen molar-refractivity contribution in [3.8, 4) is 27.9 Å². The summed E-state index contributed by atoms with van der Waals surface area (Å²) in [6.07, 6.45) is 0. The molecule has 0 atom stereocenters. The minimum absolute atomic E-state index is 0.172. The third-order valence-corrected chi connectivity index (χ3v) is 11.8. The molecule has 0 radical (unpaired) electrons. The topological polar surface area (TPSA) is 4.93 Å². The zero-order valence-corrected chi connectivity index (χ0v) is 28.8. The molecule has 0 saturated carbocycles. The highest BCUT2D eigenvalue weighted by Crippen LogP contribution is 2.57. The maximum absolute atomic E-state index is 2.64. The molecule has 3 heterocycles. The number of nitrogens with zero attached hydrogens (tertiary/aromatic N) is 1. The predicted molar refractivity (Wildman–Crippen MR) is 205 cm³/mol. The van der Waals surface area contributed by atoms with Crippen molar-refractivity contribution >= 4 is 43.4 Å². The molecule has 0 aliphatic carbocycles. The second-order valence-corrected chi connectivity index (χ2v) is 15.6. The second kappa shape index (κ2) is 9.05. The van der Waals surface area contributed by atoms with Crippen molar-refractivity contribution in [1.29, 1.82) is 0 Å². The molecule has 7 aromatic carbocycles. The van der Waals surface area contributed by atoms with Crippen LogP contribution >= 0.6 is 0 Å². The second-order valence-electron chi connectivity index (χ2n) is 15.6. The van der Waals surface area contributed by atoms with Gasteiger partial charge in [-0.15, -0.1) is 0 Å². The number of hydrogen-bond acceptors (Lipinski definition) is 0. The minimum Gasteiger partial charge on any atom is -0.308 e. The van der Waals surface area contributed by atoms with Crippen LogP contribution in [-0.2, 0) is 10.8 Å². The first-order valence-corrected chi connectivity index (χ1v) is 17.4. The molecule has 0 spiro atoms. The third kappa shape index (κ3) is 3.37. The summed E-state index contributed by atoms with van der Waals surface area (Å²) < 4.78 is 2.64. The van der Waals surface area contributed by atoms with E-state index < -0.39 is 0 Å².